The maximum atomic E-state index is 12.2. The molecule has 10 nitrogen and oxygen atoms in total. The van der Waals surface area contributed by atoms with Crippen LogP contribution >= 0.6 is 0 Å². The Bertz CT molecular complexity index is 583. The van der Waals surface area contributed by atoms with Gasteiger partial charge in [-0.2, -0.15) is 7.05 Å². The minimum atomic E-state index is -3.63. The molecule has 0 spiro atoms. The van der Waals surface area contributed by atoms with Gasteiger partial charge in [0.25, 0.3) is 22.5 Å². The molecule has 0 aromatic rings. The van der Waals surface area contributed by atoms with E-state index in [9.17, 15) is 16.8 Å². The first-order chi connectivity index (χ1) is 8.04. The molecule has 0 amide bonds. The Morgan fingerprint density at radius 1 is 1.10 bits per heavy atom. The summed E-state index contributed by atoms with van der Waals surface area (Å²) in [5.74, 6) is 0. The van der Waals surface area contributed by atoms with Crippen molar-refractivity contribution in [3.63, 3.8) is 0 Å². The van der Waals surface area contributed by atoms with Gasteiger partial charge in [0, 0.05) is 46.8 Å². The predicted molar refractivity (Wildman–Crippen MR) is 70.5 cm³/mol. The Balaban J connectivity index is -0.000000482. The van der Waals surface area contributed by atoms with Crippen LogP contribution in [0.1, 0.15) is 0 Å². The molecule has 21 heavy (non-hydrogen) atoms. The first-order valence-electron chi connectivity index (χ1n) is 4.05. The van der Waals surface area contributed by atoms with Crippen LogP contribution in [0.25, 0.3) is 4.72 Å². The smallest absolute Gasteiger partial charge is 0.291 e. The molecule has 0 aliphatic heterocycles. The topological polar surface area (TPSA) is 151 Å². The summed E-state index contributed by atoms with van der Waals surface area (Å²) in [5, 5.41) is -0.845. The van der Waals surface area contributed by atoms with Gasteiger partial charge in [-0.3, -0.25) is 13.3 Å². The molecule has 0 saturated carbocycles. The van der Waals surface area contributed by atoms with Crippen LogP contribution < -0.4 is 0 Å². The van der Waals surface area contributed by atoms with Gasteiger partial charge in [-0.15, -0.1) is 3.77 Å². The Kier molecular flexibility index (Phi) is 14.6. The number of rotatable bonds is 6. The maximum absolute atomic E-state index is 12.2. The summed E-state index contributed by atoms with van der Waals surface area (Å²) in [4.78, 5) is 0. The van der Waals surface area contributed by atoms with Crippen molar-refractivity contribution in [3.05, 3.63) is 4.72 Å². The monoisotopic (exact) mass is 964 g/mol. The van der Waals surface area contributed by atoms with Crippen molar-refractivity contribution in [1.29, 1.82) is 0 Å². The summed E-state index contributed by atoms with van der Waals surface area (Å²) >= 11 is -5.51. The molecule has 0 aliphatic rings. The summed E-state index contributed by atoms with van der Waals surface area (Å²) in [6.45, 7) is 0. The van der Waals surface area contributed by atoms with Crippen LogP contribution in [-0.2, 0) is 75.1 Å². The molecule has 2 N–H and O–H groups in total. The summed E-state index contributed by atoms with van der Waals surface area (Å²) in [6.07, 6.45) is 0. The van der Waals surface area contributed by atoms with Crippen LogP contribution in [0, 0.1) is 0 Å². The molecule has 0 aliphatic carbocycles. The normalized spacial score (nSPS) is 18.6. The quantitative estimate of drug-likeness (QED) is 0.345. The number of hydrogen-bond acceptors (Lipinski definition) is 4. The molecule has 0 aromatic carbocycles. The zero-order valence-electron chi connectivity index (χ0n) is 11.6. The van der Waals surface area contributed by atoms with E-state index < -0.39 is 47.4 Å². The molecule has 4 atom stereocenters. The minimum Gasteiger partial charge on any atom is -0.568 e. The number of hydrogen-bond donors (Lipinski definition) is 2. The summed E-state index contributed by atoms with van der Waals surface area (Å²) in [6, 6.07) is 0. The van der Waals surface area contributed by atoms with Crippen molar-refractivity contribution >= 4 is 42.4 Å². The van der Waals surface area contributed by atoms with E-state index in [1.165, 1.54) is 14.1 Å². The van der Waals surface area contributed by atoms with E-state index in [1.807, 2.05) is 0 Å². The van der Waals surface area contributed by atoms with E-state index in [4.69, 9.17) is 9.11 Å². The van der Waals surface area contributed by atoms with Crippen LogP contribution in [0.3, 0.4) is 0 Å². The molecule has 0 heterocycles. The van der Waals surface area contributed by atoms with E-state index in [2.05, 4.69) is 12.3 Å². The van der Waals surface area contributed by atoms with Crippen molar-refractivity contribution < 1.29 is 58.7 Å². The molecule has 0 bridgehead atoms. The average Bonchev–Trinajstić information content (AvgIpc) is 2.14. The van der Waals surface area contributed by atoms with Crippen molar-refractivity contribution in [2.45, 2.75) is 0 Å². The largest absolute Gasteiger partial charge is 0.568 e. The molecular formula is C4H13N4O6Rf2S4Y-. The standard InChI is InChI=1S/C4H13N4O6S4.2Rf.Y/c1-5-17(13,6-15(9)10)4-18(14,8(2)3)7-16(11)12;;;/h4H2,1-3H3,(H2-,5,6,9,10,11,12,13);;;/q-1;;;. The van der Waals surface area contributed by atoms with Crippen LogP contribution in [0.15, 0.2) is 7.54 Å². The molecule has 0 saturated heterocycles. The maximum Gasteiger partial charge on any atom is 0.291 e. The third-order valence-electron chi connectivity index (χ3n) is 1.52. The third-order valence-corrected chi connectivity index (χ3v) is 8.58. The summed E-state index contributed by atoms with van der Waals surface area (Å²) < 4.78 is 72.7. The van der Waals surface area contributed by atoms with Gasteiger partial charge < -0.3 is 4.72 Å². The Morgan fingerprint density at radius 3 is 1.71 bits per heavy atom. The van der Waals surface area contributed by atoms with Gasteiger partial charge in [0.1, 0.15) is 15.0 Å². The molecule has 0 fully saturated rings. The zero-order chi connectivity index (χ0) is 14.6. The summed E-state index contributed by atoms with van der Waals surface area (Å²) in [7, 11) is -3.53. The van der Waals surface area contributed by atoms with Gasteiger partial charge in [-0.1, -0.05) is 3.77 Å². The second-order valence-corrected chi connectivity index (χ2v) is 9.52. The number of nitrogens with zero attached hydrogens (tertiary/aromatic N) is 4. The van der Waals surface area contributed by atoms with E-state index >= 15 is 0 Å². The average molecular weight is 964 g/mol. The Labute approximate surface area is 142 Å². The van der Waals surface area contributed by atoms with Crippen molar-refractivity contribution in [1.82, 2.24) is 4.31 Å². The van der Waals surface area contributed by atoms with Crippen LogP contribution in [0.2, 0.25) is 0 Å². The van der Waals surface area contributed by atoms with Crippen LogP contribution in [0.4, 0.5) is 0 Å². The van der Waals surface area contributed by atoms with Crippen LogP contribution in [-0.4, -0.2) is 56.5 Å². The summed E-state index contributed by atoms with van der Waals surface area (Å²) in [5.41, 5.74) is 0. The minimum absolute atomic E-state index is 0. The molecule has 1 radical (unpaired) electrons. The first-order valence-corrected chi connectivity index (χ1v) is 9.46. The van der Waals surface area contributed by atoms with Gasteiger partial charge in [0.05, 0.1) is 0 Å². The fourth-order valence-electron chi connectivity index (χ4n) is 0.700. The molecule has 0 aromatic heterocycles. The third kappa shape index (κ3) is 9.65. The van der Waals surface area contributed by atoms with Gasteiger partial charge >= 0.3 is 0 Å². The zero-order valence-corrected chi connectivity index (χ0v) is 30.6. The van der Waals surface area contributed by atoms with E-state index in [0.717, 1.165) is 11.4 Å². The van der Waals surface area contributed by atoms with Gasteiger partial charge in [-0.05, 0) is 9.92 Å². The first kappa shape index (κ1) is 28.3. The second kappa shape index (κ2) is 10.8. The Hall–Kier alpha value is -0.856. The fourth-order valence-corrected chi connectivity index (χ4v) is 7.08. The SMILES string of the molecule is C[N-]S(=O)(CS(=O)(=NS(=O)O)N(C)C)=NS(=O)O.[Rf].[Rf].[Y]. The van der Waals surface area contributed by atoms with E-state index in [1.54, 1.807) is 0 Å². The second-order valence-electron chi connectivity index (χ2n) is 2.94. The van der Waals surface area contributed by atoms with Gasteiger partial charge in [0.15, 0.2) is 0 Å². The van der Waals surface area contributed by atoms with Crippen molar-refractivity contribution in [2.24, 2.45) is 7.54 Å². The van der Waals surface area contributed by atoms with Crippen molar-refractivity contribution in [3.8, 4) is 0 Å². The predicted octanol–water partition coefficient (Wildman–Crippen LogP) is -0.454. The van der Waals surface area contributed by atoms with Crippen LogP contribution in [0.5, 0.6) is 0 Å². The molecule has 0 rings (SSSR count). The van der Waals surface area contributed by atoms with Crippen molar-refractivity contribution in [2.75, 3.05) is 26.2 Å². The molecular weight excluding hydrogens is 951 g/mol. The fraction of sp³-hybridized carbons (Fsp3) is 1.00. The van der Waals surface area contributed by atoms with E-state index in [-0.39, 0.29) is 32.7 Å². The van der Waals surface area contributed by atoms with Gasteiger partial charge in [-0.25, -0.2) is 16.9 Å². The molecule has 4 unspecified atom stereocenters. The Morgan fingerprint density at radius 2 is 1.48 bits per heavy atom. The van der Waals surface area contributed by atoms with Gasteiger partial charge in [0.2, 0.25) is 0 Å². The molecule has 117 valence electrons. The van der Waals surface area contributed by atoms with E-state index in [0.29, 0.717) is 0 Å². The molecule has 17 heteroatoms.